The number of amides is 1. The Morgan fingerprint density at radius 1 is 1.18 bits per heavy atom. The lowest BCUT2D eigenvalue weighted by molar-refractivity contribution is -0.139. The van der Waals surface area contributed by atoms with Crippen LogP contribution in [0.2, 0.25) is 0 Å². The molecule has 98 valence electrons. The van der Waals surface area contributed by atoms with E-state index >= 15 is 0 Å². The Labute approximate surface area is 104 Å². The fraction of sp³-hybridized carbons (Fsp3) is 0.929. The topological polar surface area (TPSA) is 40.5 Å². The molecule has 2 rings (SSSR count). The van der Waals surface area contributed by atoms with Crippen LogP contribution in [0.15, 0.2) is 0 Å². The van der Waals surface area contributed by atoms with E-state index < -0.39 is 5.60 Å². The van der Waals surface area contributed by atoms with Crippen LogP contribution in [0.5, 0.6) is 0 Å². The summed E-state index contributed by atoms with van der Waals surface area (Å²) in [5.74, 6) is 0.855. The number of hydrogen-bond donors (Lipinski definition) is 1. The standard InChI is InChI=1S/C14H25NO2/c1-14(2,17)12-8-5-9-15(10-12)13(16)11-6-3-4-7-11/h11-12,17H,3-10H2,1-2H3. The summed E-state index contributed by atoms with van der Waals surface area (Å²) in [4.78, 5) is 14.3. The molecule has 0 aromatic rings. The van der Waals surface area contributed by atoms with Gasteiger partial charge < -0.3 is 10.0 Å². The van der Waals surface area contributed by atoms with Gasteiger partial charge in [0, 0.05) is 24.9 Å². The first-order valence-electron chi connectivity index (χ1n) is 6.99. The number of piperidine rings is 1. The van der Waals surface area contributed by atoms with Crippen LogP contribution in [-0.2, 0) is 4.79 Å². The van der Waals surface area contributed by atoms with Crippen LogP contribution in [0.3, 0.4) is 0 Å². The summed E-state index contributed by atoms with van der Waals surface area (Å²) in [6.45, 7) is 5.36. The highest BCUT2D eigenvalue weighted by Crippen LogP contribution is 2.31. The molecule has 17 heavy (non-hydrogen) atoms. The largest absolute Gasteiger partial charge is 0.390 e. The molecule has 2 fully saturated rings. The second-order valence-electron chi connectivity index (χ2n) is 6.26. The van der Waals surface area contributed by atoms with Crippen LogP contribution >= 0.6 is 0 Å². The van der Waals surface area contributed by atoms with Crippen molar-refractivity contribution in [3.63, 3.8) is 0 Å². The summed E-state index contributed by atoms with van der Waals surface area (Å²) >= 11 is 0. The van der Waals surface area contributed by atoms with E-state index in [1.54, 1.807) is 0 Å². The van der Waals surface area contributed by atoms with Crippen molar-refractivity contribution in [3.8, 4) is 0 Å². The second-order valence-corrected chi connectivity index (χ2v) is 6.26. The van der Waals surface area contributed by atoms with E-state index in [1.807, 2.05) is 18.7 Å². The van der Waals surface area contributed by atoms with Crippen LogP contribution in [-0.4, -0.2) is 34.6 Å². The average Bonchev–Trinajstić information content (AvgIpc) is 2.80. The first-order valence-corrected chi connectivity index (χ1v) is 6.99. The summed E-state index contributed by atoms with van der Waals surface area (Å²) in [5.41, 5.74) is -0.658. The number of nitrogens with zero attached hydrogens (tertiary/aromatic N) is 1. The van der Waals surface area contributed by atoms with E-state index in [1.165, 1.54) is 12.8 Å². The summed E-state index contributed by atoms with van der Waals surface area (Å²) in [5, 5.41) is 10.1. The van der Waals surface area contributed by atoms with Crippen molar-refractivity contribution in [2.75, 3.05) is 13.1 Å². The van der Waals surface area contributed by atoms with Crippen molar-refractivity contribution >= 4 is 5.91 Å². The first-order chi connectivity index (χ1) is 7.98. The third-order valence-corrected chi connectivity index (χ3v) is 4.44. The van der Waals surface area contributed by atoms with Crippen molar-refractivity contribution in [2.24, 2.45) is 11.8 Å². The van der Waals surface area contributed by atoms with Gasteiger partial charge in [-0.25, -0.2) is 0 Å². The number of likely N-dealkylation sites (tertiary alicyclic amines) is 1. The van der Waals surface area contributed by atoms with Crippen molar-refractivity contribution in [1.29, 1.82) is 0 Å². The van der Waals surface area contributed by atoms with Crippen LogP contribution in [0.25, 0.3) is 0 Å². The molecular weight excluding hydrogens is 214 g/mol. The Morgan fingerprint density at radius 3 is 2.41 bits per heavy atom. The maximum absolute atomic E-state index is 12.3. The maximum Gasteiger partial charge on any atom is 0.225 e. The molecule has 0 bridgehead atoms. The molecule has 1 atom stereocenters. The van der Waals surface area contributed by atoms with Gasteiger partial charge in [-0.2, -0.15) is 0 Å². The quantitative estimate of drug-likeness (QED) is 0.802. The highest BCUT2D eigenvalue weighted by Gasteiger charge is 2.35. The molecule has 1 saturated carbocycles. The predicted octanol–water partition coefficient (Wildman–Crippen LogP) is 2.19. The zero-order chi connectivity index (χ0) is 12.5. The Balaban J connectivity index is 1.94. The van der Waals surface area contributed by atoms with Crippen molar-refractivity contribution < 1.29 is 9.90 Å². The van der Waals surface area contributed by atoms with Gasteiger partial charge in [0.2, 0.25) is 5.91 Å². The summed E-state index contributed by atoms with van der Waals surface area (Å²) in [6, 6.07) is 0. The molecule has 1 heterocycles. The molecule has 3 nitrogen and oxygen atoms in total. The molecule has 1 aliphatic heterocycles. The minimum Gasteiger partial charge on any atom is -0.390 e. The number of carbonyl (C=O) groups excluding carboxylic acids is 1. The molecule has 1 saturated heterocycles. The third-order valence-electron chi connectivity index (χ3n) is 4.44. The van der Waals surface area contributed by atoms with E-state index in [-0.39, 0.29) is 11.8 Å². The molecule has 1 aliphatic carbocycles. The van der Waals surface area contributed by atoms with Gasteiger partial charge in [0.15, 0.2) is 0 Å². The number of rotatable bonds is 2. The zero-order valence-corrected chi connectivity index (χ0v) is 11.1. The lowest BCUT2D eigenvalue weighted by atomic mass is 9.84. The molecule has 0 spiro atoms. The maximum atomic E-state index is 12.3. The molecule has 1 N–H and O–H groups in total. The van der Waals surface area contributed by atoms with Gasteiger partial charge in [0.05, 0.1) is 5.60 Å². The van der Waals surface area contributed by atoms with Crippen LogP contribution < -0.4 is 0 Å². The Bertz CT molecular complexity index is 276. The zero-order valence-electron chi connectivity index (χ0n) is 11.1. The minimum absolute atomic E-state index is 0.238. The van der Waals surface area contributed by atoms with Gasteiger partial charge >= 0.3 is 0 Å². The van der Waals surface area contributed by atoms with E-state index in [4.69, 9.17) is 0 Å². The Hall–Kier alpha value is -0.570. The Morgan fingerprint density at radius 2 is 1.82 bits per heavy atom. The molecule has 0 aromatic carbocycles. The summed E-state index contributed by atoms with van der Waals surface area (Å²) in [6.07, 6.45) is 6.63. The van der Waals surface area contributed by atoms with Gasteiger partial charge in [0.1, 0.15) is 0 Å². The summed E-state index contributed by atoms with van der Waals surface area (Å²) in [7, 11) is 0. The van der Waals surface area contributed by atoms with Crippen molar-refractivity contribution in [2.45, 2.75) is 58.0 Å². The fourth-order valence-corrected chi connectivity index (χ4v) is 3.18. The lowest BCUT2D eigenvalue weighted by Gasteiger charge is -2.39. The fourth-order valence-electron chi connectivity index (χ4n) is 3.18. The first kappa shape index (κ1) is 12.9. The molecule has 3 heteroatoms. The lowest BCUT2D eigenvalue weighted by Crippen LogP contribution is -2.48. The Kier molecular flexibility index (Phi) is 3.76. The number of aliphatic hydroxyl groups is 1. The summed E-state index contributed by atoms with van der Waals surface area (Å²) < 4.78 is 0. The van der Waals surface area contributed by atoms with Crippen LogP contribution in [0.1, 0.15) is 52.4 Å². The second kappa shape index (κ2) is 4.97. The highest BCUT2D eigenvalue weighted by atomic mass is 16.3. The molecule has 1 unspecified atom stereocenters. The van der Waals surface area contributed by atoms with Gasteiger partial charge in [-0.1, -0.05) is 12.8 Å². The normalized spacial score (nSPS) is 27.5. The smallest absolute Gasteiger partial charge is 0.225 e. The SMILES string of the molecule is CC(C)(O)C1CCCN(C(=O)C2CCCC2)C1. The number of hydrogen-bond acceptors (Lipinski definition) is 2. The monoisotopic (exact) mass is 239 g/mol. The molecular formula is C14H25NO2. The van der Waals surface area contributed by atoms with Crippen LogP contribution in [0, 0.1) is 11.8 Å². The predicted molar refractivity (Wildman–Crippen MR) is 67.6 cm³/mol. The minimum atomic E-state index is -0.658. The average molecular weight is 239 g/mol. The van der Waals surface area contributed by atoms with E-state index in [0.717, 1.165) is 38.8 Å². The van der Waals surface area contributed by atoms with Gasteiger partial charge in [-0.3, -0.25) is 4.79 Å². The van der Waals surface area contributed by atoms with Crippen molar-refractivity contribution in [1.82, 2.24) is 4.90 Å². The van der Waals surface area contributed by atoms with Crippen molar-refractivity contribution in [3.05, 3.63) is 0 Å². The molecule has 1 amide bonds. The molecule has 0 radical (unpaired) electrons. The van der Waals surface area contributed by atoms with E-state index in [0.29, 0.717) is 5.91 Å². The third kappa shape index (κ3) is 3.01. The van der Waals surface area contributed by atoms with E-state index in [2.05, 4.69) is 0 Å². The van der Waals surface area contributed by atoms with Crippen LogP contribution in [0.4, 0.5) is 0 Å². The number of carbonyl (C=O) groups is 1. The highest BCUT2D eigenvalue weighted by molar-refractivity contribution is 5.79. The van der Waals surface area contributed by atoms with E-state index in [9.17, 15) is 9.90 Å². The van der Waals surface area contributed by atoms with Gasteiger partial charge in [0.25, 0.3) is 0 Å². The van der Waals surface area contributed by atoms with Gasteiger partial charge in [-0.15, -0.1) is 0 Å². The van der Waals surface area contributed by atoms with Gasteiger partial charge in [-0.05, 0) is 39.5 Å². The molecule has 2 aliphatic rings. The molecule has 0 aromatic heterocycles.